The van der Waals surface area contributed by atoms with Crippen LogP contribution in [0.3, 0.4) is 0 Å². The van der Waals surface area contributed by atoms with Gasteiger partial charge in [0.25, 0.3) is 0 Å². The molecule has 1 aliphatic heterocycles. The zero-order valence-corrected chi connectivity index (χ0v) is 15.0. The molecule has 1 atom stereocenters. The molecule has 1 aromatic carbocycles. The number of carbonyl (C=O) groups is 1. The van der Waals surface area contributed by atoms with Crippen LogP contribution in [0.2, 0.25) is 0 Å². The Hall–Kier alpha value is -2.21. The highest BCUT2D eigenvalue weighted by Gasteiger charge is 2.26. The number of aromatic nitrogens is 3. The van der Waals surface area contributed by atoms with Gasteiger partial charge in [0.1, 0.15) is 0 Å². The monoisotopic (exact) mass is 354 g/mol. The number of hydrogen-bond donors (Lipinski definition) is 0. The van der Waals surface area contributed by atoms with Gasteiger partial charge in [0.05, 0.1) is 21.6 Å². The average Bonchev–Trinajstić information content (AvgIpc) is 3.31. The van der Waals surface area contributed by atoms with E-state index in [-0.39, 0.29) is 5.91 Å². The maximum atomic E-state index is 12.6. The van der Waals surface area contributed by atoms with Crippen LogP contribution in [-0.2, 0) is 11.3 Å². The lowest BCUT2D eigenvalue weighted by atomic mass is 9.98. The van der Waals surface area contributed by atoms with Crippen molar-refractivity contribution in [1.29, 1.82) is 0 Å². The lowest BCUT2D eigenvalue weighted by Gasteiger charge is -2.32. The Labute approximate surface area is 151 Å². The molecule has 5 nitrogen and oxygen atoms in total. The minimum atomic E-state index is 0.269. The molecule has 4 rings (SSSR count). The van der Waals surface area contributed by atoms with E-state index in [2.05, 4.69) is 23.2 Å². The molecule has 0 aliphatic carbocycles. The molecule has 1 fully saturated rings. The van der Waals surface area contributed by atoms with Gasteiger partial charge in [-0.05, 0) is 31.4 Å². The summed E-state index contributed by atoms with van der Waals surface area (Å²) in [5, 5.41) is 1.18. The average molecular weight is 354 g/mol. The summed E-state index contributed by atoms with van der Waals surface area (Å²) in [5.41, 5.74) is 1.08. The van der Waals surface area contributed by atoms with Crippen LogP contribution in [-0.4, -0.2) is 38.4 Å². The number of thiazole rings is 1. The van der Waals surface area contributed by atoms with Crippen molar-refractivity contribution in [3.8, 4) is 0 Å². The van der Waals surface area contributed by atoms with E-state index < -0.39 is 0 Å². The lowest BCUT2D eigenvalue weighted by molar-refractivity contribution is -0.132. The van der Waals surface area contributed by atoms with Crippen molar-refractivity contribution in [2.45, 2.75) is 38.1 Å². The summed E-state index contributed by atoms with van der Waals surface area (Å²) in [6.07, 6.45) is 9.16. The van der Waals surface area contributed by atoms with Crippen LogP contribution in [0.1, 0.15) is 36.6 Å². The van der Waals surface area contributed by atoms with Crippen molar-refractivity contribution in [2.75, 3.05) is 13.1 Å². The van der Waals surface area contributed by atoms with E-state index in [1.807, 2.05) is 21.7 Å². The first-order chi connectivity index (χ1) is 12.3. The van der Waals surface area contributed by atoms with Crippen LogP contribution in [0.5, 0.6) is 0 Å². The molecule has 0 radical (unpaired) electrons. The van der Waals surface area contributed by atoms with Gasteiger partial charge < -0.3 is 9.47 Å². The third-order valence-corrected chi connectivity index (χ3v) is 6.00. The molecule has 0 N–H and O–H groups in total. The quantitative estimate of drug-likeness (QED) is 0.702. The fraction of sp³-hybridized carbons (Fsp3) is 0.421. The number of hydrogen-bond acceptors (Lipinski definition) is 4. The number of imidazole rings is 1. The molecule has 0 spiro atoms. The van der Waals surface area contributed by atoms with Gasteiger partial charge in [0.2, 0.25) is 5.91 Å². The van der Waals surface area contributed by atoms with Crippen molar-refractivity contribution in [3.63, 3.8) is 0 Å². The largest absolute Gasteiger partial charge is 0.342 e. The van der Waals surface area contributed by atoms with Crippen molar-refractivity contribution < 1.29 is 4.79 Å². The summed E-state index contributed by atoms with van der Waals surface area (Å²) in [6, 6.07) is 8.28. The Morgan fingerprint density at radius 2 is 2.24 bits per heavy atom. The predicted octanol–water partition coefficient (Wildman–Crippen LogP) is 3.68. The minimum absolute atomic E-state index is 0.269. The summed E-state index contributed by atoms with van der Waals surface area (Å²) in [5.74, 6) is 0.648. The van der Waals surface area contributed by atoms with Crippen LogP contribution in [0.4, 0.5) is 0 Å². The molecule has 25 heavy (non-hydrogen) atoms. The summed E-state index contributed by atoms with van der Waals surface area (Å²) in [6.45, 7) is 2.54. The van der Waals surface area contributed by atoms with E-state index in [1.54, 1.807) is 23.9 Å². The Kier molecular flexibility index (Phi) is 4.78. The zero-order chi connectivity index (χ0) is 17.1. The lowest BCUT2D eigenvalue weighted by Crippen LogP contribution is -2.39. The van der Waals surface area contributed by atoms with Crippen LogP contribution < -0.4 is 0 Å². The van der Waals surface area contributed by atoms with Gasteiger partial charge in [-0.1, -0.05) is 12.1 Å². The number of rotatable bonds is 5. The number of nitrogens with zero attached hydrogens (tertiary/aromatic N) is 4. The van der Waals surface area contributed by atoms with E-state index in [1.165, 1.54) is 9.71 Å². The highest BCUT2D eigenvalue weighted by atomic mass is 32.1. The number of piperidine rings is 1. The minimum Gasteiger partial charge on any atom is -0.342 e. The van der Waals surface area contributed by atoms with Crippen molar-refractivity contribution in [3.05, 3.63) is 48.0 Å². The van der Waals surface area contributed by atoms with Gasteiger partial charge in [-0.25, -0.2) is 9.97 Å². The topological polar surface area (TPSA) is 51.0 Å². The van der Waals surface area contributed by atoms with Gasteiger partial charge in [-0.3, -0.25) is 4.79 Å². The number of amides is 1. The second-order valence-corrected chi connectivity index (χ2v) is 7.67. The first kappa shape index (κ1) is 16.3. The number of carbonyl (C=O) groups excluding carboxylic acids is 1. The fourth-order valence-electron chi connectivity index (χ4n) is 3.46. The third kappa shape index (κ3) is 3.74. The molecule has 2 aromatic heterocycles. The first-order valence-corrected chi connectivity index (χ1v) is 9.70. The smallest absolute Gasteiger partial charge is 0.222 e. The van der Waals surface area contributed by atoms with Gasteiger partial charge in [0.15, 0.2) is 0 Å². The van der Waals surface area contributed by atoms with Crippen LogP contribution in [0.25, 0.3) is 10.2 Å². The maximum Gasteiger partial charge on any atom is 0.222 e. The molecule has 0 bridgehead atoms. The Balaban J connectivity index is 1.36. The molecule has 6 heteroatoms. The predicted molar refractivity (Wildman–Crippen MR) is 99.6 cm³/mol. The van der Waals surface area contributed by atoms with E-state index >= 15 is 0 Å². The van der Waals surface area contributed by atoms with Crippen LogP contribution in [0.15, 0.2) is 43.0 Å². The molecular weight excluding hydrogens is 332 g/mol. The van der Waals surface area contributed by atoms with Gasteiger partial charge >= 0.3 is 0 Å². The number of para-hydroxylation sites is 1. The molecule has 1 amide bonds. The molecular formula is C19H22N4OS. The summed E-state index contributed by atoms with van der Waals surface area (Å²) in [4.78, 5) is 23.4. The van der Waals surface area contributed by atoms with Crippen LogP contribution >= 0.6 is 11.3 Å². The molecule has 0 saturated carbocycles. The second kappa shape index (κ2) is 7.35. The fourth-order valence-corrected chi connectivity index (χ4v) is 4.55. The van der Waals surface area contributed by atoms with Crippen molar-refractivity contribution in [2.24, 2.45) is 0 Å². The van der Waals surface area contributed by atoms with Gasteiger partial charge in [-0.2, -0.15) is 0 Å². The van der Waals surface area contributed by atoms with E-state index in [4.69, 9.17) is 4.98 Å². The second-order valence-electron chi connectivity index (χ2n) is 6.60. The van der Waals surface area contributed by atoms with Gasteiger partial charge in [-0.15, -0.1) is 11.3 Å². The number of benzene rings is 1. The number of fused-ring (bicyclic) bond motifs is 1. The molecule has 130 valence electrons. The van der Waals surface area contributed by atoms with Crippen LogP contribution in [0, 0.1) is 0 Å². The van der Waals surface area contributed by atoms with E-state index in [9.17, 15) is 4.79 Å². The Morgan fingerprint density at radius 1 is 1.32 bits per heavy atom. The number of likely N-dealkylation sites (tertiary alicyclic amines) is 1. The molecule has 1 saturated heterocycles. The van der Waals surface area contributed by atoms with E-state index in [0.29, 0.717) is 12.3 Å². The molecule has 3 aromatic rings. The molecule has 3 heterocycles. The zero-order valence-electron chi connectivity index (χ0n) is 14.2. The summed E-state index contributed by atoms with van der Waals surface area (Å²) >= 11 is 1.77. The summed E-state index contributed by atoms with van der Waals surface area (Å²) in [7, 11) is 0. The maximum absolute atomic E-state index is 12.6. The highest BCUT2D eigenvalue weighted by molar-refractivity contribution is 7.18. The highest BCUT2D eigenvalue weighted by Crippen LogP contribution is 2.33. The van der Waals surface area contributed by atoms with Crippen molar-refractivity contribution >= 4 is 27.5 Å². The Bertz CT molecular complexity index is 809. The van der Waals surface area contributed by atoms with E-state index in [0.717, 1.165) is 44.4 Å². The molecule has 0 unspecified atom stereocenters. The third-order valence-electron chi connectivity index (χ3n) is 4.80. The molecule has 1 aliphatic rings. The Morgan fingerprint density at radius 3 is 3.08 bits per heavy atom. The summed E-state index contributed by atoms with van der Waals surface area (Å²) < 4.78 is 3.26. The SMILES string of the molecule is O=C(CCCn1ccnc1)N1CCC[C@H](c2nc3ccccc3s2)C1. The standard InChI is InChI=1S/C19H22N4OS/c24-18(8-4-10-22-12-9-20-14-22)23-11-3-5-15(13-23)19-21-16-6-1-2-7-17(16)25-19/h1-2,6-7,9,12,14-15H,3-5,8,10-11,13H2/t15-/m0/s1. The van der Waals surface area contributed by atoms with Crippen molar-refractivity contribution in [1.82, 2.24) is 19.4 Å². The van der Waals surface area contributed by atoms with Gasteiger partial charge in [0, 0.05) is 44.4 Å². The normalized spacial score (nSPS) is 17.9. The number of aryl methyl sites for hydroxylation is 1. The first-order valence-electron chi connectivity index (χ1n) is 8.88.